The molecule has 1 heterocycles. The predicted octanol–water partition coefficient (Wildman–Crippen LogP) is 1.98. The molecule has 0 amide bonds. The van der Waals surface area contributed by atoms with Crippen molar-refractivity contribution in [3.8, 4) is 0 Å². The van der Waals surface area contributed by atoms with Gasteiger partial charge in [-0.2, -0.15) is 13.2 Å². The third-order valence-corrected chi connectivity index (χ3v) is 2.41. The normalized spacial score (nSPS) is 20.2. The molecule has 1 aliphatic heterocycles. The maximum atomic E-state index is 12.7. The quantitative estimate of drug-likeness (QED) is 0.786. The summed E-state index contributed by atoms with van der Waals surface area (Å²) in [7, 11) is 0. The summed E-state index contributed by atoms with van der Waals surface area (Å²) < 4.78 is 54.4. The number of hydrogen-bond acceptors (Lipinski definition) is 3. The fourth-order valence-corrected chi connectivity index (χ4v) is 1.61. The molecule has 0 saturated heterocycles. The van der Waals surface area contributed by atoms with Crippen molar-refractivity contribution < 1.29 is 27.1 Å². The number of rotatable bonds is 1. The maximum absolute atomic E-state index is 12.7. The first kappa shape index (κ1) is 12.4. The second-order valence-corrected chi connectivity index (χ2v) is 3.65. The number of ketones is 1. The number of Topliss-reactive ketones (excluding diaryl/α,β-unsaturated/α-hetero) is 1. The average Bonchev–Trinajstić information content (AvgIpc) is 2.56. The number of carbonyl (C=O) groups excluding carboxylic acids is 1. The molecule has 0 bridgehead atoms. The van der Waals surface area contributed by atoms with Gasteiger partial charge in [-0.1, -0.05) is 12.1 Å². The van der Waals surface area contributed by atoms with Gasteiger partial charge < -0.3 is 10.5 Å². The number of hydrogen-bond donors (Lipinski definition) is 1. The Morgan fingerprint density at radius 1 is 1.17 bits per heavy atom. The highest BCUT2D eigenvalue weighted by Gasteiger charge is 2.52. The van der Waals surface area contributed by atoms with E-state index in [-0.39, 0.29) is 11.1 Å². The number of carbonyl (C=O) groups is 1. The molecule has 2 rings (SSSR count). The monoisotopic (exact) mass is 261 g/mol. The molecule has 0 radical (unpaired) electrons. The van der Waals surface area contributed by atoms with E-state index in [1.54, 1.807) is 0 Å². The Balaban J connectivity index is 2.37. The van der Waals surface area contributed by atoms with Crippen LogP contribution in [0.5, 0.6) is 0 Å². The Morgan fingerprint density at radius 3 is 2.17 bits per heavy atom. The van der Waals surface area contributed by atoms with Crippen LogP contribution in [-0.2, 0) is 9.53 Å². The Morgan fingerprint density at radius 2 is 1.72 bits per heavy atom. The summed E-state index contributed by atoms with van der Waals surface area (Å²) >= 11 is 0. The molecule has 0 spiro atoms. The SMILES string of the molecule is NC1=C(c2ccc(F)cc2)C(=O)C(C(F)(F)F)O1. The molecule has 7 heteroatoms. The fourth-order valence-electron chi connectivity index (χ4n) is 1.61. The highest BCUT2D eigenvalue weighted by atomic mass is 19.4. The Kier molecular flexibility index (Phi) is 2.76. The lowest BCUT2D eigenvalue weighted by atomic mass is 10.0. The number of nitrogens with two attached hydrogens (primary N) is 1. The zero-order valence-electron chi connectivity index (χ0n) is 8.79. The summed E-state index contributed by atoms with van der Waals surface area (Å²) in [5.74, 6) is -2.45. The van der Waals surface area contributed by atoms with Gasteiger partial charge in [0.2, 0.25) is 5.78 Å². The number of alkyl halides is 3. The number of ether oxygens (including phenoxy) is 1. The lowest BCUT2D eigenvalue weighted by Crippen LogP contribution is -2.35. The predicted molar refractivity (Wildman–Crippen MR) is 53.4 cm³/mol. The minimum atomic E-state index is -4.83. The zero-order chi connectivity index (χ0) is 13.5. The maximum Gasteiger partial charge on any atom is 0.433 e. The van der Waals surface area contributed by atoms with E-state index in [9.17, 15) is 22.4 Å². The molecule has 1 aliphatic rings. The van der Waals surface area contributed by atoms with Gasteiger partial charge in [-0.25, -0.2) is 4.39 Å². The van der Waals surface area contributed by atoms with E-state index in [1.807, 2.05) is 0 Å². The van der Waals surface area contributed by atoms with Crippen molar-refractivity contribution in [2.45, 2.75) is 12.3 Å². The lowest BCUT2D eigenvalue weighted by molar-refractivity contribution is -0.201. The van der Waals surface area contributed by atoms with Crippen molar-refractivity contribution in [1.29, 1.82) is 0 Å². The molecule has 1 aromatic rings. The van der Waals surface area contributed by atoms with Crippen molar-refractivity contribution in [1.82, 2.24) is 0 Å². The Bertz CT molecular complexity index is 519. The van der Waals surface area contributed by atoms with Crippen LogP contribution in [0.3, 0.4) is 0 Å². The van der Waals surface area contributed by atoms with Crippen LogP contribution < -0.4 is 5.73 Å². The number of benzene rings is 1. The van der Waals surface area contributed by atoms with E-state index in [1.165, 1.54) is 0 Å². The summed E-state index contributed by atoms with van der Waals surface area (Å²) in [4.78, 5) is 11.6. The molecule has 96 valence electrons. The molecular formula is C11H7F4NO2. The number of halogens is 4. The van der Waals surface area contributed by atoms with Crippen LogP contribution >= 0.6 is 0 Å². The van der Waals surface area contributed by atoms with E-state index in [4.69, 9.17) is 5.73 Å². The highest BCUT2D eigenvalue weighted by molar-refractivity contribution is 6.25. The second kappa shape index (κ2) is 4.01. The first-order chi connectivity index (χ1) is 8.30. The molecular weight excluding hydrogens is 254 g/mol. The largest absolute Gasteiger partial charge is 0.457 e. The molecule has 1 unspecified atom stereocenters. The van der Waals surface area contributed by atoms with Crippen LogP contribution in [-0.4, -0.2) is 18.1 Å². The Hall–Kier alpha value is -2.05. The van der Waals surface area contributed by atoms with E-state index in [0.717, 1.165) is 24.3 Å². The first-order valence-corrected chi connectivity index (χ1v) is 4.84. The topological polar surface area (TPSA) is 52.3 Å². The summed E-state index contributed by atoms with van der Waals surface area (Å²) in [5, 5.41) is 0. The summed E-state index contributed by atoms with van der Waals surface area (Å²) in [6, 6.07) is 4.36. The summed E-state index contributed by atoms with van der Waals surface area (Å²) in [5.41, 5.74) is 4.98. The lowest BCUT2D eigenvalue weighted by Gasteiger charge is -2.13. The van der Waals surface area contributed by atoms with Crippen LogP contribution in [0, 0.1) is 5.82 Å². The summed E-state index contributed by atoms with van der Waals surface area (Å²) in [6.07, 6.45) is -7.42. The minimum absolute atomic E-state index is 0.0886. The van der Waals surface area contributed by atoms with Gasteiger partial charge in [0.15, 0.2) is 5.88 Å². The summed E-state index contributed by atoms with van der Waals surface area (Å²) in [6.45, 7) is 0. The second-order valence-electron chi connectivity index (χ2n) is 3.65. The van der Waals surface area contributed by atoms with Gasteiger partial charge in [0.1, 0.15) is 5.82 Å². The van der Waals surface area contributed by atoms with Gasteiger partial charge in [0, 0.05) is 0 Å². The van der Waals surface area contributed by atoms with Crippen molar-refractivity contribution in [3.05, 3.63) is 41.5 Å². The van der Waals surface area contributed by atoms with Gasteiger partial charge in [-0.05, 0) is 17.7 Å². The van der Waals surface area contributed by atoms with Crippen molar-refractivity contribution >= 4 is 11.4 Å². The van der Waals surface area contributed by atoms with Gasteiger partial charge in [0.05, 0.1) is 5.57 Å². The molecule has 0 aromatic heterocycles. The van der Waals surface area contributed by atoms with Gasteiger partial charge in [0.25, 0.3) is 6.10 Å². The third kappa shape index (κ3) is 2.03. The average molecular weight is 261 g/mol. The fraction of sp³-hybridized carbons (Fsp3) is 0.182. The molecule has 18 heavy (non-hydrogen) atoms. The van der Waals surface area contributed by atoms with Crippen molar-refractivity contribution in [2.24, 2.45) is 5.73 Å². The van der Waals surface area contributed by atoms with Crippen LogP contribution in [0.1, 0.15) is 5.56 Å². The first-order valence-electron chi connectivity index (χ1n) is 4.84. The van der Waals surface area contributed by atoms with Gasteiger partial charge in [-0.3, -0.25) is 4.79 Å². The molecule has 2 N–H and O–H groups in total. The van der Waals surface area contributed by atoms with E-state index >= 15 is 0 Å². The third-order valence-electron chi connectivity index (χ3n) is 2.41. The molecule has 1 aromatic carbocycles. The van der Waals surface area contributed by atoms with E-state index in [0.29, 0.717) is 0 Å². The minimum Gasteiger partial charge on any atom is -0.457 e. The standard InChI is InChI=1S/C11H7F4NO2/c12-6-3-1-5(2-4-6)7-8(17)9(11(13,14)15)18-10(7)16/h1-4,9H,16H2. The van der Waals surface area contributed by atoms with Crippen LogP contribution in [0.15, 0.2) is 30.1 Å². The molecule has 3 nitrogen and oxygen atoms in total. The van der Waals surface area contributed by atoms with Gasteiger partial charge >= 0.3 is 6.18 Å². The molecule has 1 atom stereocenters. The van der Waals surface area contributed by atoms with Crippen LogP contribution in [0.2, 0.25) is 0 Å². The van der Waals surface area contributed by atoms with E-state index in [2.05, 4.69) is 4.74 Å². The highest BCUT2D eigenvalue weighted by Crippen LogP contribution is 2.35. The smallest absolute Gasteiger partial charge is 0.433 e. The van der Waals surface area contributed by atoms with E-state index < -0.39 is 29.8 Å². The Labute approximate surface area is 98.8 Å². The van der Waals surface area contributed by atoms with Crippen molar-refractivity contribution in [3.63, 3.8) is 0 Å². The van der Waals surface area contributed by atoms with Crippen LogP contribution in [0.25, 0.3) is 5.57 Å². The zero-order valence-corrected chi connectivity index (χ0v) is 8.79. The molecule has 0 saturated carbocycles. The van der Waals surface area contributed by atoms with Crippen LogP contribution in [0.4, 0.5) is 17.6 Å². The molecule has 0 aliphatic carbocycles. The molecule has 0 fully saturated rings. The van der Waals surface area contributed by atoms with Gasteiger partial charge in [-0.15, -0.1) is 0 Å². The van der Waals surface area contributed by atoms with Crippen molar-refractivity contribution in [2.75, 3.05) is 0 Å².